The number of ketones is 1. The fourth-order valence-electron chi connectivity index (χ4n) is 1.38. The number of carbonyl (C=O) groups excluding carboxylic acids is 1. The molecular weight excluding hydrogens is 358 g/mol. The van der Waals surface area contributed by atoms with Crippen LogP contribution in [0.4, 0.5) is 0 Å². The molecule has 0 aliphatic heterocycles. The Morgan fingerprint density at radius 1 is 1.06 bits per heavy atom. The van der Waals surface area contributed by atoms with Crippen LogP contribution in [0, 0.1) is 0 Å². The van der Waals surface area contributed by atoms with Crippen molar-refractivity contribution in [2.45, 2.75) is 0 Å². The van der Waals surface area contributed by atoms with Crippen LogP contribution < -0.4 is 0 Å². The molecule has 0 amide bonds. The number of pyridine rings is 1. The summed E-state index contributed by atoms with van der Waals surface area (Å²) in [5.41, 5.74) is 1.40. The molecule has 2 nitrogen and oxygen atoms in total. The minimum absolute atomic E-state index is 0.112. The molecule has 1 heterocycles. The third kappa shape index (κ3) is 3.62. The summed E-state index contributed by atoms with van der Waals surface area (Å²) in [6, 6.07) is 13.0. The molecule has 0 radical (unpaired) electrons. The highest BCUT2D eigenvalue weighted by atomic mass is 79.9. The number of hydrogen-bond acceptors (Lipinski definition) is 2. The van der Waals surface area contributed by atoms with E-state index in [0.717, 1.165) is 10.0 Å². The van der Waals surface area contributed by atoms with Crippen LogP contribution in [0.3, 0.4) is 0 Å². The Kier molecular flexibility index (Phi) is 4.44. The third-order valence-electron chi connectivity index (χ3n) is 2.26. The maximum absolute atomic E-state index is 11.9. The Morgan fingerprint density at radius 3 is 2.44 bits per heavy atom. The first-order valence-corrected chi connectivity index (χ1v) is 6.84. The topological polar surface area (TPSA) is 30.0 Å². The van der Waals surface area contributed by atoms with Gasteiger partial charge in [-0.3, -0.25) is 4.79 Å². The Labute approximate surface area is 122 Å². The second-order valence-corrected chi connectivity index (χ2v) is 5.32. The first-order valence-electron chi connectivity index (χ1n) is 5.26. The molecule has 0 unspecified atom stereocenters. The monoisotopic (exact) mass is 365 g/mol. The minimum Gasteiger partial charge on any atom is -0.288 e. The second-order valence-electron chi connectivity index (χ2n) is 3.59. The zero-order chi connectivity index (χ0) is 13.0. The number of benzene rings is 1. The maximum Gasteiger partial charge on any atom is 0.204 e. The van der Waals surface area contributed by atoms with Crippen LogP contribution in [0.2, 0.25) is 0 Å². The summed E-state index contributed by atoms with van der Waals surface area (Å²) >= 11 is 6.61. The smallest absolute Gasteiger partial charge is 0.204 e. The van der Waals surface area contributed by atoms with Gasteiger partial charge in [-0.2, -0.15) is 0 Å². The van der Waals surface area contributed by atoms with Crippen molar-refractivity contribution in [2.24, 2.45) is 0 Å². The average Bonchev–Trinajstić information content (AvgIpc) is 2.38. The van der Waals surface area contributed by atoms with Gasteiger partial charge in [0.05, 0.1) is 0 Å². The molecule has 0 aliphatic carbocycles. The predicted molar refractivity (Wildman–Crippen MR) is 79.4 cm³/mol. The van der Waals surface area contributed by atoms with E-state index < -0.39 is 0 Å². The molecule has 0 atom stereocenters. The molecule has 0 fully saturated rings. The summed E-state index contributed by atoms with van der Waals surface area (Å²) in [5.74, 6) is -0.112. The molecule has 1 aromatic heterocycles. The quantitative estimate of drug-likeness (QED) is 0.454. The lowest BCUT2D eigenvalue weighted by molar-refractivity contribution is 0.104. The summed E-state index contributed by atoms with van der Waals surface area (Å²) < 4.78 is 1.67. The van der Waals surface area contributed by atoms with Crippen molar-refractivity contribution < 1.29 is 4.79 Å². The Balaban J connectivity index is 2.14. The molecule has 2 aromatic rings. The van der Waals surface area contributed by atoms with E-state index in [1.54, 1.807) is 24.3 Å². The first-order chi connectivity index (χ1) is 8.65. The van der Waals surface area contributed by atoms with Gasteiger partial charge in [-0.25, -0.2) is 4.98 Å². The van der Waals surface area contributed by atoms with E-state index in [9.17, 15) is 4.79 Å². The second kappa shape index (κ2) is 6.07. The van der Waals surface area contributed by atoms with Crippen molar-refractivity contribution in [3.8, 4) is 0 Å². The summed E-state index contributed by atoms with van der Waals surface area (Å²) in [6.45, 7) is 0. The molecule has 0 saturated carbocycles. The first kappa shape index (κ1) is 13.2. The van der Waals surface area contributed by atoms with Crippen molar-refractivity contribution in [1.82, 2.24) is 4.98 Å². The molecule has 1 aromatic carbocycles. The third-order valence-corrected chi connectivity index (χ3v) is 3.24. The zero-order valence-corrected chi connectivity index (χ0v) is 12.5. The fraction of sp³-hybridized carbons (Fsp3) is 0. The minimum atomic E-state index is -0.112. The molecule has 90 valence electrons. The molecule has 0 saturated heterocycles. The van der Waals surface area contributed by atoms with Crippen molar-refractivity contribution in [3.63, 3.8) is 0 Å². The van der Waals surface area contributed by atoms with Crippen LogP contribution in [0.15, 0.2) is 57.6 Å². The van der Waals surface area contributed by atoms with Gasteiger partial charge in [-0.05, 0) is 51.8 Å². The van der Waals surface area contributed by atoms with Crippen LogP contribution >= 0.6 is 31.9 Å². The van der Waals surface area contributed by atoms with Crippen LogP contribution in [0.25, 0.3) is 6.08 Å². The zero-order valence-electron chi connectivity index (χ0n) is 9.31. The van der Waals surface area contributed by atoms with Gasteiger partial charge in [-0.1, -0.05) is 40.2 Å². The summed E-state index contributed by atoms with van der Waals surface area (Å²) in [4.78, 5) is 16.0. The lowest BCUT2D eigenvalue weighted by atomic mass is 10.1. The number of aromatic nitrogens is 1. The van der Waals surface area contributed by atoms with Crippen molar-refractivity contribution in [1.29, 1.82) is 0 Å². The van der Waals surface area contributed by atoms with Gasteiger partial charge in [0.25, 0.3) is 0 Å². The molecule has 0 bridgehead atoms. The van der Waals surface area contributed by atoms with E-state index in [2.05, 4.69) is 36.8 Å². The van der Waals surface area contributed by atoms with E-state index in [4.69, 9.17) is 0 Å². The van der Waals surface area contributed by atoms with Crippen molar-refractivity contribution >= 4 is 43.7 Å². The normalized spacial score (nSPS) is 10.8. The Bertz CT molecular complexity index is 591. The standard InChI is InChI=1S/C14H9Br2NO/c15-11-7-4-10(5-8-11)6-9-13(18)12-2-1-3-14(16)17-12/h1-9H/b9-6+. The molecule has 0 aliphatic rings. The van der Waals surface area contributed by atoms with Crippen molar-refractivity contribution in [2.75, 3.05) is 0 Å². The van der Waals surface area contributed by atoms with E-state index in [1.807, 2.05) is 24.3 Å². The highest BCUT2D eigenvalue weighted by molar-refractivity contribution is 9.10. The molecule has 0 N–H and O–H groups in total. The van der Waals surface area contributed by atoms with E-state index in [0.29, 0.717) is 10.3 Å². The molecule has 0 spiro atoms. The summed E-state index contributed by atoms with van der Waals surface area (Å²) in [5, 5.41) is 0. The number of hydrogen-bond donors (Lipinski definition) is 0. The van der Waals surface area contributed by atoms with Gasteiger partial charge in [-0.15, -0.1) is 0 Å². The van der Waals surface area contributed by atoms with Gasteiger partial charge in [0.15, 0.2) is 0 Å². The molecule has 4 heteroatoms. The predicted octanol–water partition coefficient (Wildman–Crippen LogP) is 4.50. The number of carbonyl (C=O) groups is 1. The van der Waals surface area contributed by atoms with Crippen molar-refractivity contribution in [3.05, 3.63) is 68.9 Å². The van der Waals surface area contributed by atoms with Gasteiger partial charge < -0.3 is 0 Å². The number of allylic oxidation sites excluding steroid dienone is 1. The van der Waals surface area contributed by atoms with Crippen LogP contribution in [-0.2, 0) is 0 Å². The van der Waals surface area contributed by atoms with Crippen LogP contribution in [0.5, 0.6) is 0 Å². The van der Waals surface area contributed by atoms with E-state index in [1.165, 1.54) is 6.08 Å². The van der Waals surface area contributed by atoms with Gasteiger partial charge in [0, 0.05) is 4.47 Å². The number of halogens is 2. The van der Waals surface area contributed by atoms with Gasteiger partial charge >= 0.3 is 0 Å². The fourth-order valence-corrected chi connectivity index (χ4v) is 1.98. The van der Waals surface area contributed by atoms with E-state index >= 15 is 0 Å². The average molecular weight is 367 g/mol. The van der Waals surface area contributed by atoms with E-state index in [-0.39, 0.29) is 5.78 Å². The van der Waals surface area contributed by atoms with Crippen LogP contribution in [0.1, 0.15) is 16.1 Å². The molecular formula is C14H9Br2NO. The van der Waals surface area contributed by atoms with Crippen LogP contribution in [-0.4, -0.2) is 10.8 Å². The SMILES string of the molecule is O=C(/C=C/c1ccc(Br)cc1)c1cccc(Br)n1. The Morgan fingerprint density at radius 2 is 1.78 bits per heavy atom. The number of rotatable bonds is 3. The summed E-state index contributed by atoms with van der Waals surface area (Å²) in [7, 11) is 0. The highest BCUT2D eigenvalue weighted by Crippen LogP contribution is 2.12. The summed E-state index contributed by atoms with van der Waals surface area (Å²) in [6.07, 6.45) is 3.30. The molecule has 18 heavy (non-hydrogen) atoms. The lowest BCUT2D eigenvalue weighted by Crippen LogP contribution is -1.97. The largest absolute Gasteiger partial charge is 0.288 e. The number of nitrogens with zero attached hydrogens (tertiary/aromatic N) is 1. The highest BCUT2D eigenvalue weighted by Gasteiger charge is 2.03. The van der Waals surface area contributed by atoms with Gasteiger partial charge in [0.2, 0.25) is 5.78 Å². The maximum atomic E-state index is 11.9. The molecule has 2 rings (SSSR count). The Hall–Kier alpha value is -1.26. The lowest BCUT2D eigenvalue weighted by Gasteiger charge is -1.96. The van der Waals surface area contributed by atoms with Gasteiger partial charge in [0.1, 0.15) is 10.3 Å².